The highest BCUT2D eigenvalue weighted by Crippen LogP contribution is 2.31. The molecule has 0 saturated carbocycles. The molecular formula is C20H19F3N4O3S. The van der Waals surface area contributed by atoms with E-state index in [1.54, 1.807) is 14.2 Å². The number of benzene rings is 2. The summed E-state index contributed by atoms with van der Waals surface area (Å²) in [7, 11) is 3.13. The molecule has 1 heterocycles. The van der Waals surface area contributed by atoms with E-state index in [2.05, 4.69) is 20.8 Å². The number of carbonyl (C=O) groups is 1. The third kappa shape index (κ3) is 6.07. The fraction of sp³-hybridized carbons (Fsp3) is 0.250. The summed E-state index contributed by atoms with van der Waals surface area (Å²) < 4.78 is 48.8. The molecular weight excluding hydrogens is 433 g/mol. The van der Waals surface area contributed by atoms with Gasteiger partial charge in [-0.25, -0.2) is 4.79 Å². The molecule has 0 spiro atoms. The van der Waals surface area contributed by atoms with E-state index in [4.69, 9.17) is 9.47 Å². The van der Waals surface area contributed by atoms with Gasteiger partial charge in [0.15, 0.2) is 11.5 Å². The van der Waals surface area contributed by atoms with Crippen LogP contribution in [0.25, 0.3) is 0 Å². The van der Waals surface area contributed by atoms with E-state index in [1.165, 1.54) is 23.5 Å². The van der Waals surface area contributed by atoms with Crippen molar-refractivity contribution in [1.29, 1.82) is 0 Å². The fourth-order valence-corrected chi connectivity index (χ4v) is 3.46. The summed E-state index contributed by atoms with van der Waals surface area (Å²) in [6, 6.07) is 9.28. The van der Waals surface area contributed by atoms with Gasteiger partial charge >= 0.3 is 12.2 Å². The zero-order valence-corrected chi connectivity index (χ0v) is 17.4. The Hall–Kier alpha value is -3.34. The second-order valence-corrected chi connectivity index (χ2v) is 7.41. The van der Waals surface area contributed by atoms with Crippen molar-refractivity contribution >= 4 is 28.2 Å². The van der Waals surface area contributed by atoms with Crippen molar-refractivity contribution in [2.24, 2.45) is 0 Å². The topological polar surface area (TPSA) is 85.4 Å². The first-order chi connectivity index (χ1) is 14.8. The molecule has 0 aliphatic carbocycles. The first kappa shape index (κ1) is 22.3. The Labute approximate surface area is 180 Å². The summed E-state index contributed by atoms with van der Waals surface area (Å²) in [6.07, 6.45) is -3.23. The maximum atomic E-state index is 12.8. The van der Waals surface area contributed by atoms with Gasteiger partial charge in [0.1, 0.15) is 5.01 Å². The Morgan fingerprint density at radius 3 is 2.48 bits per heavy atom. The zero-order chi connectivity index (χ0) is 22.4. The number of nitrogens with one attached hydrogen (secondary N) is 2. The van der Waals surface area contributed by atoms with Gasteiger partial charge in [0.25, 0.3) is 0 Å². The number of ether oxygens (including phenoxy) is 2. The monoisotopic (exact) mass is 452 g/mol. The lowest BCUT2D eigenvalue weighted by molar-refractivity contribution is -0.137. The molecule has 31 heavy (non-hydrogen) atoms. The Balaban J connectivity index is 1.56. The molecule has 2 amide bonds. The number of hydrogen-bond acceptors (Lipinski definition) is 6. The van der Waals surface area contributed by atoms with Crippen LogP contribution in [0, 0.1) is 0 Å². The van der Waals surface area contributed by atoms with Gasteiger partial charge in [-0.3, -0.25) is 5.32 Å². The molecule has 2 aromatic carbocycles. The van der Waals surface area contributed by atoms with E-state index >= 15 is 0 Å². The number of aryl methyl sites for hydroxylation is 2. The molecule has 11 heteroatoms. The average Bonchev–Trinajstić information content (AvgIpc) is 3.18. The lowest BCUT2D eigenvalue weighted by Crippen LogP contribution is -2.19. The van der Waals surface area contributed by atoms with E-state index < -0.39 is 17.8 Å². The number of rotatable bonds is 7. The smallest absolute Gasteiger partial charge is 0.416 e. The van der Waals surface area contributed by atoms with Gasteiger partial charge in [0.2, 0.25) is 5.13 Å². The minimum Gasteiger partial charge on any atom is -0.493 e. The van der Waals surface area contributed by atoms with Crippen molar-refractivity contribution in [3.63, 3.8) is 0 Å². The zero-order valence-electron chi connectivity index (χ0n) is 16.6. The highest BCUT2D eigenvalue weighted by molar-refractivity contribution is 7.15. The van der Waals surface area contributed by atoms with E-state index in [9.17, 15) is 18.0 Å². The van der Waals surface area contributed by atoms with E-state index in [-0.39, 0.29) is 10.8 Å². The molecule has 0 fully saturated rings. The predicted octanol–water partition coefficient (Wildman–Crippen LogP) is 5.00. The maximum absolute atomic E-state index is 12.8. The van der Waals surface area contributed by atoms with Crippen molar-refractivity contribution < 1.29 is 27.4 Å². The lowest BCUT2D eigenvalue weighted by atomic mass is 10.1. The van der Waals surface area contributed by atoms with E-state index in [0.29, 0.717) is 29.3 Å². The van der Waals surface area contributed by atoms with E-state index in [1.807, 2.05) is 18.2 Å². The van der Waals surface area contributed by atoms with Gasteiger partial charge in [0.05, 0.1) is 19.8 Å². The molecule has 0 bridgehead atoms. The molecule has 0 radical (unpaired) electrons. The SMILES string of the molecule is COc1ccc(CCc2nnc(NC(=O)Nc3cccc(C(F)(F)F)c3)s2)cc1OC. The molecule has 0 unspecified atom stereocenters. The van der Waals surface area contributed by atoms with Crippen molar-refractivity contribution in [2.45, 2.75) is 19.0 Å². The van der Waals surface area contributed by atoms with Crippen LogP contribution in [0.5, 0.6) is 11.5 Å². The highest BCUT2D eigenvalue weighted by atomic mass is 32.1. The van der Waals surface area contributed by atoms with E-state index in [0.717, 1.165) is 17.7 Å². The lowest BCUT2D eigenvalue weighted by Gasteiger charge is -2.09. The predicted molar refractivity (Wildman–Crippen MR) is 111 cm³/mol. The van der Waals surface area contributed by atoms with Gasteiger partial charge in [-0.15, -0.1) is 10.2 Å². The number of alkyl halides is 3. The van der Waals surface area contributed by atoms with Crippen LogP contribution in [0.15, 0.2) is 42.5 Å². The Morgan fingerprint density at radius 2 is 1.77 bits per heavy atom. The molecule has 0 atom stereocenters. The normalized spacial score (nSPS) is 11.1. The van der Waals surface area contributed by atoms with Crippen molar-refractivity contribution in [1.82, 2.24) is 10.2 Å². The summed E-state index contributed by atoms with van der Waals surface area (Å²) in [5.41, 5.74) is 0.189. The Morgan fingerprint density at radius 1 is 1.00 bits per heavy atom. The Kier molecular flexibility index (Phi) is 6.95. The third-order valence-corrected chi connectivity index (χ3v) is 5.11. The minimum absolute atomic E-state index is 0.0190. The summed E-state index contributed by atoms with van der Waals surface area (Å²) in [4.78, 5) is 12.1. The number of hydrogen-bond donors (Lipinski definition) is 2. The largest absolute Gasteiger partial charge is 0.493 e. The van der Waals surface area contributed by atoms with Crippen molar-refractivity contribution in [2.75, 3.05) is 24.9 Å². The van der Waals surface area contributed by atoms with Crippen molar-refractivity contribution in [3.8, 4) is 11.5 Å². The number of aromatic nitrogens is 2. The first-order valence-electron chi connectivity index (χ1n) is 9.07. The molecule has 1 aromatic heterocycles. The number of nitrogens with zero attached hydrogens (tertiary/aromatic N) is 2. The minimum atomic E-state index is -4.49. The van der Waals surface area contributed by atoms with Gasteiger partial charge < -0.3 is 14.8 Å². The molecule has 3 rings (SSSR count). The van der Waals surface area contributed by atoms with Crippen LogP contribution >= 0.6 is 11.3 Å². The first-order valence-corrected chi connectivity index (χ1v) is 9.88. The fourth-order valence-electron chi connectivity index (χ4n) is 2.73. The third-order valence-electron chi connectivity index (χ3n) is 4.21. The van der Waals surface area contributed by atoms with Gasteiger partial charge in [0, 0.05) is 12.1 Å². The van der Waals surface area contributed by atoms with Crippen LogP contribution in [0.1, 0.15) is 16.1 Å². The van der Waals surface area contributed by atoms with Crippen LogP contribution in [0.2, 0.25) is 0 Å². The highest BCUT2D eigenvalue weighted by Gasteiger charge is 2.30. The second kappa shape index (κ2) is 9.65. The molecule has 2 N–H and O–H groups in total. The number of halogens is 3. The number of methoxy groups -OCH3 is 2. The van der Waals surface area contributed by atoms with Crippen LogP contribution in [-0.2, 0) is 19.0 Å². The molecule has 0 aliphatic rings. The maximum Gasteiger partial charge on any atom is 0.416 e. The number of urea groups is 1. The van der Waals surface area contributed by atoms with Crippen LogP contribution < -0.4 is 20.1 Å². The molecule has 0 saturated heterocycles. The standard InChI is InChI=1S/C20H19F3N4O3S/c1-29-15-8-6-12(10-16(15)30-2)7-9-17-26-27-19(31-17)25-18(28)24-14-5-3-4-13(11-14)20(21,22)23/h3-6,8,10-11H,7,9H2,1-2H3,(H2,24,25,27,28). The summed E-state index contributed by atoms with van der Waals surface area (Å²) >= 11 is 1.19. The van der Waals surface area contributed by atoms with Gasteiger partial charge in [-0.05, 0) is 42.3 Å². The quantitative estimate of drug-likeness (QED) is 0.527. The van der Waals surface area contributed by atoms with Gasteiger partial charge in [-0.2, -0.15) is 13.2 Å². The molecule has 3 aromatic rings. The summed E-state index contributed by atoms with van der Waals surface area (Å²) in [5, 5.41) is 13.7. The van der Waals surface area contributed by atoms with Crippen LogP contribution in [0.4, 0.5) is 28.8 Å². The summed E-state index contributed by atoms with van der Waals surface area (Å²) in [5.74, 6) is 1.27. The molecule has 7 nitrogen and oxygen atoms in total. The number of anilines is 2. The van der Waals surface area contributed by atoms with Crippen molar-refractivity contribution in [3.05, 3.63) is 58.6 Å². The number of carbonyl (C=O) groups excluding carboxylic acids is 1. The number of amides is 2. The molecule has 164 valence electrons. The van der Waals surface area contributed by atoms with Crippen LogP contribution in [0.3, 0.4) is 0 Å². The average molecular weight is 452 g/mol. The van der Waals surface area contributed by atoms with Gasteiger partial charge in [-0.1, -0.05) is 23.5 Å². The van der Waals surface area contributed by atoms with Crippen LogP contribution in [-0.4, -0.2) is 30.4 Å². The second-order valence-electron chi connectivity index (χ2n) is 6.35. The Bertz CT molecular complexity index is 1060. The molecule has 0 aliphatic heterocycles. The summed E-state index contributed by atoms with van der Waals surface area (Å²) in [6.45, 7) is 0.